The van der Waals surface area contributed by atoms with Gasteiger partial charge in [0, 0.05) is 0 Å². The monoisotopic (exact) mass is 314 g/mol. The highest BCUT2D eigenvalue weighted by Gasteiger charge is 2.09. The average Bonchev–Trinajstić information content (AvgIpc) is 2.54. The lowest BCUT2D eigenvalue weighted by Gasteiger charge is -2.08. The number of benzene rings is 1. The number of rotatable bonds is 11. The highest BCUT2D eigenvalue weighted by Crippen LogP contribution is 2.34. The Morgan fingerprint density at radius 2 is 1.61 bits per heavy atom. The normalized spacial score (nSPS) is 12.0. The van der Waals surface area contributed by atoms with Gasteiger partial charge in [0.15, 0.2) is 0 Å². The molecule has 0 radical (unpaired) electrons. The minimum absolute atomic E-state index is 0.101. The summed E-state index contributed by atoms with van der Waals surface area (Å²) in [5.74, 6) is 0.203. The maximum Gasteiger partial charge on any atom is 0.127 e. The Bertz CT molecular complexity index is 506. The molecule has 0 saturated heterocycles. The lowest BCUT2D eigenvalue weighted by atomic mass is 10.0. The van der Waals surface area contributed by atoms with Crippen molar-refractivity contribution in [3.63, 3.8) is 0 Å². The number of phenols is 2. The molecule has 0 fully saturated rings. The highest BCUT2D eigenvalue weighted by molar-refractivity contribution is 5.81. The van der Waals surface area contributed by atoms with Crippen molar-refractivity contribution in [1.82, 2.24) is 0 Å². The van der Waals surface area contributed by atoms with Crippen LogP contribution < -0.4 is 0 Å². The standard InChI is InChI=1S/C21H30O2/c1-3-5-7-8-9-10-11-12-15-18(14-6-4-2)21-19(22)16-13-17-20(21)23/h4,6,13-17,22-23H,2-3,5,7-12H2,1H3. The van der Waals surface area contributed by atoms with Gasteiger partial charge in [0.2, 0.25) is 0 Å². The van der Waals surface area contributed by atoms with Crippen LogP contribution in [0.3, 0.4) is 0 Å². The summed E-state index contributed by atoms with van der Waals surface area (Å²) in [6, 6.07) is 4.83. The van der Waals surface area contributed by atoms with Crippen molar-refractivity contribution in [1.29, 1.82) is 0 Å². The Kier molecular flexibility index (Phi) is 9.62. The number of phenolic OH excluding ortho intramolecular Hbond substituents is 2. The maximum absolute atomic E-state index is 10.0. The second-order valence-electron chi connectivity index (χ2n) is 5.84. The van der Waals surface area contributed by atoms with Gasteiger partial charge in [-0.3, -0.25) is 0 Å². The van der Waals surface area contributed by atoms with Crippen LogP contribution in [0.5, 0.6) is 11.5 Å². The molecule has 2 heteroatoms. The number of unbranched alkanes of at least 4 members (excludes halogenated alkanes) is 7. The highest BCUT2D eigenvalue weighted by atomic mass is 16.3. The molecule has 0 amide bonds. The van der Waals surface area contributed by atoms with E-state index in [0.29, 0.717) is 5.56 Å². The summed E-state index contributed by atoms with van der Waals surface area (Å²) >= 11 is 0. The van der Waals surface area contributed by atoms with E-state index in [0.717, 1.165) is 18.4 Å². The fraction of sp³-hybridized carbons (Fsp3) is 0.429. The van der Waals surface area contributed by atoms with Gasteiger partial charge in [-0.1, -0.05) is 82.4 Å². The molecule has 1 aromatic rings. The summed E-state index contributed by atoms with van der Waals surface area (Å²) in [6.07, 6.45) is 17.3. The molecule has 1 aromatic carbocycles. The summed E-state index contributed by atoms with van der Waals surface area (Å²) in [5, 5.41) is 20.0. The molecule has 1 rings (SSSR count). The van der Waals surface area contributed by atoms with Crippen LogP contribution in [0, 0.1) is 0 Å². The first-order valence-electron chi connectivity index (χ1n) is 8.71. The molecule has 0 saturated carbocycles. The summed E-state index contributed by atoms with van der Waals surface area (Å²) in [6.45, 7) is 5.91. The van der Waals surface area contributed by atoms with Gasteiger partial charge in [-0.05, 0) is 30.5 Å². The van der Waals surface area contributed by atoms with Gasteiger partial charge in [0.1, 0.15) is 11.5 Å². The largest absolute Gasteiger partial charge is 0.507 e. The van der Waals surface area contributed by atoms with Crippen LogP contribution in [-0.2, 0) is 0 Å². The van der Waals surface area contributed by atoms with Gasteiger partial charge < -0.3 is 10.2 Å². The molecular formula is C21H30O2. The van der Waals surface area contributed by atoms with Crippen molar-refractivity contribution in [2.45, 2.75) is 58.3 Å². The molecule has 2 nitrogen and oxygen atoms in total. The third-order valence-electron chi connectivity index (χ3n) is 3.89. The first kappa shape index (κ1) is 19.1. The first-order valence-corrected chi connectivity index (χ1v) is 8.71. The van der Waals surface area contributed by atoms with Crippen LogP contribution in [0.15, 0.2) is 49.1 Å². The predicted octanol–water partition coefficient (Wildman–Crippen LogP) is 6.36. The molecule has 0 heterocycles. The second kappa shape index (κ2) is 11.6. The lowest BCUT2D eigenvalue weighted by Crippen LogP contribution is -1.85. The Morgan fingerprint density at radius 1 is 1.00 bits per heavy atom. The summed E-state index contributed by atoms with van der Waals surface area (Å²) in [4.78, 5) is 0. The number of hydrogen-bond acceptors (Lipinski definition) is 2. The Hall–Kier alpha value is -1.96. The topological polar surface area (TPSA) is 40.5 Å². The molecule has 0 aliphatic heterocycles. The van der Waals surface area contributed by atoms with Crippen LogP contribution in [-0.4, -0.2) is 10.2 Å². The van der Waals surface area contributed by atoms with Gasteiger partial charge in [0.25, 0.3) is 0 Å². The zero-order valence-electron chi connectivity index (χ0n) is 14.3. The first-order chi connectivity index (χ1) is 11.2. The van der Waals surface area contributed by atoms with Gasteiger partial charge in [-0.2, -0.15) is 0 Å². The van der Waals surface area contributed by atoms with Crippen LogP contribution >= 0.6 is 0 Å². The maximum atomic E-state index is 10.0. The van der Waals surface area contributed by atoms with E-state index in [4.69, 9.17) is 0 Å². The van der Waals surface area contributed by atoms with Crippen molar-refractivity contribution in [3.8, 4) is 11.5 Å². The summed E-state index contributed by atoms with van der Waals surface area (Å²) in [7, 11) is 0. The van der Waals surface area contributed by atoms with Crippen LogP contribution in [0.2, 0.25) is 0 Å². The Balaban J connectivity index is 2.61. The molecule has 126 valence electrons. The summed E-state index contributed by atoms with van der Waals surface area (Å²) in [5.41, 5.74) is 1.33. The molecule has 0 aliphatic carbocycles. The van der Waals surface area contributed by atoms with Gasteiger partial charge in [-0.25, -0.2) is 0 Å². The predicted molar refractivity (Wildman–Crippen MR) is 99.7 cm³/mol. The van der Waals surface area contributed by atoms with Gasteiger partial charge in [-0.15, -0.1) is 0 Å². The molecule has 0 aromatic heterocycles. The van der Waals surface area contributed by atoms with Crippen LogP contribution in [0.25, 0.3) is 5.57 Å². The van der Waals surface area contributed by atoms with E-state index in [1.54, 1.807) is 24.3 Å². The van der Waals surface area contributed by atoms with E-state index in [1.165, 1.54) is 38.5 Å². The van der Waals surface area contributed by atoms with Gasteiger partial charge >= 0.3 is 0 Å². The van der Waals surface area contributed by atoms with Crippen LogP contribution in [0.1, 0.15) is 63.9 Å². The lowest BCUT2D eigenvalue weighted by molar-refractivity contribution is 0.447. The van der Waals surface area contributed by atoms with E-state index in [1.807, 2.05) is 12.2 Å². The molecule has 0 bridgehead atoms. The van der Waals surface area contributed by atoms with E-state index >= 15 is 0 Å². The molecule has 0 unspecified atom stereocenters. The average molecular weight is 314 g/mol. The van der Waals surface area contributed by atoms with Gasteiger partial charge in [0.05, 0.1) is 5.56 Å². The van der Waals surface area contributed by atoms with Crippen molar-refractivity contribution in [2.24, 2.45) is 0 Å². The zero-order valence-corrected chi connectivity index (χ0v) is 14.3. The third-order valence-corrected chi connectivity index (χ3v) is 3.89. The van der Waals surface area contributed by atoms with E-state index < -0.39 is 0 Å². The molecule has 2 N–H and O–H groups in total. The molecule has 0 spiro atoms. The molecular weight excluding hydrogens is 284 g/mol. The van der Waals surface area contributed by atoms with Crippen molar-refractivity contribution < 1.29 is 10.2 Å². The van der Waals surface area contributed by atoms with E-state index in [-0.39, 0.29) is 11.5 Å². The van der Waals surface area contributed by atoms with E-state index in [9.17, 15) is 10.2 Å². The van der Waals surface area contributed by atoms with Crippen molar-refractivity contribution in [3.05, 3.63) is 54.6 Å². The fourth-order valence-electron chi connectivity index (χ4n) is 2.61. The molecule has 0 aliphatic rings. The van der Waals surface area contributed by atoms with E-state index in [2.05, 4.69) is 19.6 Å². The molecule has 23 heavy (non-hydrogen) atoms. The zero-order chi connectivity index (χ0) is 16.9. The minimum Gasteiger partial charge on any atom is -0.507 e. The Morgan fingerprint density at radius 3 is 2.22 bits per heavy atom. The third kappa shape index (κ3) is 7.23. The van der Waals surface area contributed by atoms with Crippen molar-refractivity contribution in [2.75, 3.05) is 0 Å². The minimum atomic E-state index is 0.101. The fourth-order valence-corrected chi connectivity index (χ4v) is 2.61. The van der Waals surface area contributed by atoms with Crippen LogP contribution in [0.4, 0.5) is 0 Å². The number of allylic oxidation sites excluding steroid dienone is 5. The summed E-state index contributed by atoms with van der Waals surface area (Å²) < 4.78 is 0. The smallest absolute Gasteiger partial charge is 0.127 e. The second-order valence-corrected chi connectivity index (χ2v) is 5.84. The quantitative estimate of drug-likeness (QED) is 0.368. The molecule has 0 atom stereocenters. The number of hydrogen-bond donors (Lipinski definition) is 2. The SMILES string of the molecule is C=CC=CC(=CCCCCCCCCC)c1c(O)cccc1O. The number of aromatic hydroxyl groups is 2. The van der Waals surface area contributed by atoms with Crippen molar-refractivity contribution >= 4 is 5.57 Å². The Labute approximate surface area is 140 Å².